The number of hydrogen-bond acceptors (Lipinski definition) is 4. The lowest BCUT2D eigenvalue weighted by atomic mass is 9.75. The van der Waals surface area contributed by atoms with Crippen molar-refractivity contribution in [2.45, 2.75) is 12.0 Å². The normalized spacial score (nSPS) is 24.5. The summed E-state index contributed by atoms with van der Waals surface area (Å²) in [5.74, 6) is 1.09. The van der Waals surface area contributed by atoms with Crippen LogP contribution in [0, 0.1) is 5.92 Å². The lowest BCUT2D eigenvalue weighted by molar-refractivity contribution is 0.146. The zero-order valence-corrected chi connectivity index (χ0v) is 16.0. The van der Waals surface area contributed by atoms with E-state index in [1.165, 1.54) is 5.56 Å². The van der Waals surface area contributed by atoms with Gasteiger partial charge in [-0.1, -0.05) is 42.5 Å². The molecule has 2 atom stereocenters. The minimum Gasteiger partial charge on any atom is -0.380 e. The molecule has 0 bridgehead atoms. The third kappa shape index (κ3) is 2.56. The number of aromatic amines is 1. The van der Waals surface area contributed by atoms with Crippen molar-refractivity contribution < 1.29 is 4.74 Å². The van der Waals surface area contributed by atoms with E-state index in [-0.39, 0.29) is 11.0 Å². The maximum absolute atomic E-state index is 12.8. The van der Waals surface area contributed by atoms with Crippen molar-refractivity contribution in [1.82, 2.24) is 19.3 Å². The molecule has 2 aromatic heterocycles. The second kappa shape index (κ2) is 6.27. The van der Waals surface area contributed by atoms with Crippen molar-refractivity contribution in [3.05, 3.63) is 82.3 Å². The molecule has 29 heavy (non-hydrogen) atoms. The summed E-state index contributed by atoms with van der Waals surface area (Å²) in [4.78, 5) is 23.2. The molecule has 4 heterocycles. The molecule has 6 heteroatoms. The van der Waals surface area contributed by atoms with Gasteiger partial charge in [0.1, 0.15) is 0 Å². The molecule has 0 aliphatic carbocycles. The summed E-state index contributed by atoms with van der Waals surface area (Å²) in [7, 11) is 0. The number of rotatable bonds is 3. The first-order valence-electron chi connectivity index (χ1n) is 10.1. The number of nitrogens with one attached hydrogen (secondary N) is 1. The lowest BCUT2D eigenvalue weighted by Gasteiger charge is -2.28. The Morgan fingerprint density at radius 1 is 1.14 bits per heavy atom. The first-order valence-corrected chi connectivity index (χ1v) is 10.1. The van der Waals surface area contributed by atoms with Crippen LogP contribution in [-0.4, -0.2) is 45.6 Å². The van der Waals surface area contributed by atoms with E-state index in [9.17, 15) is 4.79 Å². The second-order valence-corrected chi connectivity index (χ2v) is 8.30. The quantitative estimate of drug-likeness (QED) is 0.588. The van der Waals surface area contributed by atoms with Crippen molar-refractivity contribution in [3.63, 3.8) is 0 Å². The van der Waals surface area contributed by atoms with Crippen LogP contribution in [0.15, 0.2) is 65.5 Å². The molecule has 0 amide bonds. The van der Waals surface area contributed by atoms with Gasteiger partial charge in [-0.2, -0.15) is 0 Å². The van der Waals surface area contributed by atoms with E-state index in [1.807, 2.05) is 24.3 Å². The predicted octanol–water partition coefficient (Wildman–Crippen LogP) is 2.58. The Morgan fingerprint density at radius 3 is 2.86 bits per heavy atom. The summed E-state index contributed by atoms with van der Waals surface area (Å²) in [6, 6.07) is 20.1. The Morgan fingerprint density at radius 2 is 1.97 bits per heavy atom. The van der Waals surface area contributed by atoms with E-state index in [4.69, 9.17) is 4.74 Å². The molecule has 146 valence electrons. The summed E-state index contributed by atoms with van der Waals surface area (Å²) in [6.45, 7) is 4.18. The van der Waals surface area contributed by atoms with Gasteiger partial charge in [-0.15, -0.1) is 0 Å². The highest BCUT2D eigenvalue weighted by Crippen LogP contribution is 2.44. The summed E-state index contributed by atoms with van der Waals surface area (Å²) >= 11 is 0. The fourth-order valence-electron chi connectivity index (χ4n) is 5.19. The number of likely N-dealkylation sites (tertiary alicyclic amines) is 1. The minimum atomic E-state index is -0.0389. The summed E-state index contributed by atoms with van der Waals surface area (Å²) in [6.07, 6.45) is 0. The Hall–Kier alpha value is -2.96. The zero-order chi connectivity index (χ0) is 19.4. The van der Waals surface area contributed by atoms with Gasteiger partial charge in [0.2, 0.25) is 5.78 Å². The highest BCUT2D eigenvalue weighted by atomic mass is 16.5. The molecule has 0 unspecified atom stereocenters. The van der Waals surface area contributed by atoms with E-state index < -0.39 is 0 Å². The van der Waals surface area contributed by atoms with Crippen LogP contribution in [0.5, 0.6) is 0 Å². The second-order valence-electron chi connectivity index (χ2n) is 8.30. The first-order chi connectivity index (χ1) is 14.2. The SMILES string of the molecule is O=c1cc(CN2C[C@@H]3COC[C@]3(c3ccccc3)C2)[nH]c2nc3ccccc3n12. The van der Waals surface area contributed by atoms with Crippen LogP contribution in [0.1, 0.15) is 11.3 Å². The number of benzene rings is 2. The highest BCUT2D eigenvalue weighted by molar-refractivity contribution is 5.79. The fraction of sp³-hybridized carbons (Fsp3) is 0.304. The van der Waals surface area contributed by atoms with Crippen LogP contribution < -0.4 is 5.56 Å². The number of nitrogens with zero attached hydrogens (tertiary/aromatic N) is 3. The maximum atomic E-state index is 12.8. The van der Waals surface area contributed by atoms with Crippen LogP contribution in [0.2, 0.25) is 0 Å². The fourth-order valence-corrected chi connectivity index (χ4v) is 5.19. The van der Waals surface area contributed by atoms with Gasteiger partial charge >= 0.3 is 0 Å². The molecule has 0 spiro atoms. The third-order valence-corrected chi connectivity index (χ3v) is 6.54. The molecule has 2 aliphatic rings. The number of fused-ring (bicyclic) bond motifs is 4. The van der Waals surface area contributed by atoms with Crippen LogP contribution in [-0.2, 0) is 16.7 Å². The molecule has 2 saturated heterocycles. The zero-order valence-electron chi connectivity index (χ0n) is 16.0. The smallest absolute Gasteiger partial charge is 0.259 e. The van der Waals surface area contributed by atoms with Crippen LogP contribution in [0.4, 0.5) is 0 Å². The average molecular weight is 386 g/mol. The minimum absolute atomic E-state index is 0.0389. The number of aromatic nitrogens is 3. The molecule has 0 radical (unpaired) electrons. The van der Waals surface area contributed by atoms with E-state index in [0.717, 1.165) is 43.0 Å². The van der Waals surface area contributed by atoms with Crippen molar-refractivity contribution in [2.24, 2.45) is 5.92 Å². The Labute approximate surface area is 167 Å². The number of hydrogen-bond donors (Lipinski definition) is 1. The largest absolute Gasteiger partial charge is 0.380 e. The average Bonchev–Trinajstić information content (AvgIpc) is 3.39. The van der Waals surface area contributed by atoms with Crippen LogP contribution in [0.3, 0.4) is 0 Å². The topological polar surface area (TPSA) is 62.6 Å². The van der Waals surface area contributed by atoms with Crippen molar-refractivity contribution in [2.75, 3.05) is 26.3 Å². The van der Waals surface area contributed by atoms with Crippen molar-refractivity contribution >= 4 is 16.8 Å². The van der Waals surface area contributed by atoms with Crippen molar-refractivity contribution in [3.8, 4) is 0 Å². The van der Waals surface area contributed by atoms with Gasteiger partial charge in [0.15, 0.2) is 0 Å². The first kappa shape index (κ1) is 16.9. The molecule has 4 aromatic rings. The lowest BCUT2D eigenvalue weighted by Crippen LogP contribution is -2.35. The number of para-hydroxylation sites is 2. The Bertz CT molecular complexity index is 1260. The Kier molecular flexibility index (Phi) is 3.66. The van der Waals surface area contributed by atoms with Gasteiger partial charge in [0.25, 0.3) is 5.56 Å². The van der Waals surface area contributed by atoms with E-state index in [1.54, 1.807) is 10.5 Å². The van der Waals surface area contributed by atoms with Crippen LogP contribution >= 0.6 is 0 Å². The van der Waals surface area contributed by atoms with Crippen molar-refractivity contribution in [1.29, 1.82) is 0 Å². The van der Waals surface area contributed by atoms with Gasteiger partial charge in [0.05, 0.1) is 24.2 Å². The van der Waals surface area contributed by atoms with Gasteiger partial charge in [0, 0.05) is 42.7 Å². The highest BCUT2D eigenvalue weighted by Gasteiger charge is 2.51. The standard InChI is InChI=1S/C23H22N4O2/c28-21-10-18(24-22-25-19-8-4-5-9-20(19)27(21)22)12-26-11-17-13-29-15-23(17,14-26)16-6-2-1-3-7-16/h1-10,17H,11-15H2,(H,24,25)/t17-,23+/m1/s1. The number of ether oxygens (including phenoxy) is 1. The molecule has 6 rings (SSSR count). The van der Waals surface area contributed by atoms with Gasteiger partial charge in [-0.05, 0) is 17.7 Å². The molecule has 0 saturated carbocycles. The molecule has 2 aromatic carbocycles. The Balaban J connectivity index is 1.33. The van der Waals surface area contributed by atoms with Gasteiger partial charge in [-0.3, -0.25) is 9.69 Å². The molecule has 2 aliphatic heterocycles. The van der Waals surface area contributed by atoms with Crippen LogP contribution in [0.25, 0.3) is 16.8 Å². The predicted molar refractivity (Wildman–Crippen MR) is 111 cm³/mol. The number of imidazole rings is 1. The third-order valence-electron chi connectivity index (χ3n) is 6.54. The van der Waals surface area contributed by atoms with E-state index in [2.05, 4.69) is 45.2 Å². The maximum Gasteiger partial charge on any atom is 0.259 e. The van der Waals surface area contributed by atoms with E-state index >= 15 is 0 Å². The monoisotopic (exact) mass is 386 g/mol. The summed E-state index contributed by atoms with van der Waals surface area (Å²) < 4.78 is 7.53. The number of H-pyrrole nitrogens is 1. The van der Waals surface area contributed by atoms with Gasteiger partial charge in [-0.25, -0.2) is 9.38 Å². The molecule has 2 fully saturated rings. The van der Waals surface area contributed by atoms with Gasteiger partial charge < -0.3 is 9.72 Å². The molecule has 1 N–H and O–H groups in total. The molecule has 6 nitrogen and oxygen atoms in total. The molecular formula is C23H22N4O2. The summed E-state index contributed by atoms with van der Waals surface area (Å²) in [5.41, 5.74) is 3.94. The summed E-state index contributed by atoms with van der Waals surface area (Å²) in [5, 5.41) is 0. The molecular weight excluding hydrogens is 364 g/mol. The van der Waals surface area contributed by atoms with E-state index in [0.29, 0.717) is 18.2 Å².